The van der Waals surface area contributed by atoms with Crippen LogP contribution < -0.4 is 21.1 Å². The van der Waals surface area contributed by atoms with Gasteiger partial charge < -0.3 is 21.1 Å². The van der Waals surface area contributed by atoms with Gasteiger partial charge in [0.05, 0.1) is 18.2 Å². The normalized spacial score (nSPS) is 16.8. The fourth-order valence-corrected chi connectivity index (χ4v) is 2.89. The molecule has 136 valence electrons. The molecule has 26 heavy (non-hydrogen) atoms. The standard InChI is InChI=1S/C20H23N3O3/c1-3-17-20(25)23-16-9-6-14(11-18(16)26-17)12(2)22-19(24)10-13-4-7-15(21)8-5-13/h4-9,11-12,17H,3,10,21H2,1-2H3,(H,22,24)(H,23,25). The smallest absolute Gasteiger partial charge is 0.265 e. The van der Waals surface area contributed by atoms with Crippen LogP contribution in [0.5, 0.6) is 5.75 Å². The molecular formula is C20H23N3O3. The first-order chi connectivity index (χ1) is 12.5. The second-order valence-corrected chi connectivity index (χ2v) is 6.47. The maximum atomic E-state index is 12.3. The Kier molecular flexibility index (Phi) is 5.11. The molecule has 2 aromatic carbocycles. The van der Waals surface area contributed by atoms with Crippen LogP contribution in [0.25, 0.3) is 0 Å². The van der Waals surface area contributed by atoms with Gasteiger partial charge in [0, 0.05) is 5.69 Å². The van der Waals surface area contributed by atoms with Gasteiger partial charge in [0.2, 0.25) is 5.91 Å². The number of anilines is 2. The summed E-state index contributed by atoms with van der Waals surface area (Å²) in [6.45, 7) is 3.82. The average molecular weight is 353 g/mol. The Bertz CT molecular complexity index is 818. The third kappa shape index (κ3) is 3.96. The Labute approximate surface area is 152 Å². The summed E-state index contributed by atoms with van der Waals surface area (Å²) >= 11 is 0. The van der Waals surface area contributed by atoms with E-state index in [9.17, 15) is 9.59 Å². The van der Waals surface area contributed by atoms with Crippen LogP contribution >= 0.6 is 0 Å². The molecule has 6 heteroatoms. The summed E-state index contributed by atoms with van der Waals surface area (Å²) in [7, 11) is 0. The molecule has 0 bridgehead atoms. The lowest BCUT2D eigenvalue weighted by molar-refractivity contribution is -0.123. The SMILES string of the molecule is CCC1Oc2cc(C(C)NC(=O)Cc3ccc(N)cc3)ccc2NC1=O. The molecule has 1 heterocycles. The van der Waals surface area contributed by atoms with E-state index in [0.29, 0.717) is 30.0 Å². The summed E-state index contributed by atoms with van der Waals surface area (Å²) in [4.78, 5) is 24.1. The second-order valence-electron chi connectivity index (χ2n) is 6.47. The maximum Gasteiger partial charge on any atom is 0.265 e. The maximum absolute atomic E-state index is 12.3. The van der Waals surface area contributed by atoms with Crippen molar-refractivity contribution in [2.24, 2.45) is 0 Å². The van der Waals surface area contributed by atoms with Crippen LogP contribution in [-0.4, -0.2) is 17.9 Å². The zero-order valence-corrected chi connectivity index (χ0v) is 14.9. The third-order valence-corrected chi connectivity index (χ3v) is 4.42. The molecule has 4 N–H and O–H groups in total. The number of benzene rings is 2. The number of nitrogens with one attached hydrogen (secondary N) is 2. The van der Waals surface area contributed by atoms with Crippen molar-refractivity contribution in [2.75, 3.05) is 11.1 Å². The highest BCUT2D eigenvalue weighted by atomic mass is 16.5. The van der Waals surface area contributed by atoms with E-state index in [2.05, 4.69) is 10.6 Å². The summed E-state index contributed by atoms with van der Waals surface area (Å²) in [5.41, 5.74) is 8.82. The van der Waals surface area contributed by atoms with Gasteiger partial charge in [-0.3, -0.25) is 9.59 Å². The number of rotatable bonds is 5. The highest BCUT2D eigenvalue weighted by molar-refractivity contribution is 5.97. The summed E-state index contributed by atoms with van der Waals surface area (Å²) in [6.07, 6.45) is 0.414. The van der Waals surface area contributed by atoms with E-state index in [0.717, 1.165) is 11.1 Å². The van der Waals surface area contributed by atoms with Gasteiger partial charge in [-0.1, -0.05) is 25.1 Å². The molecule has 3 rings (SSSR count). The van der Waals surface area contributed by atoms with E-state index in [1.54, 1.807) is 18.2 Å². The van der Waals surface area contributed by atoms with E-state index < -0.39 is 6.10 Å². The first kappa shape index (κ1) is 17.8. The minimum absolute atomic E-state index is 0.0688. The van der Waals surface area contributed by atoms with Crippen molar-refractivity contribution in [3.05, 3.63) is 53.6 Å². The number of carbonyl (C=O) groups is 2. The van der Waals surface area contributed by atoms with Crippen LogP contribution in [0.1, 0.15) is 37.4 Å². The lowest BCUT2D eigenvalue weighted by atomic mass is 10.0. The quantitative estimate of drug-likeness (QED) is 0.721. The van der Waals surface area contributed by atoms with Crippen molar-refractivity contribution in [3.63, 3.8) is 0 Å². The van der Waals surface area contributed by atoms with E-state index >= 15 is 0 Å². The molecule has 0 saturated carbocycles. The first-order valence-electron chi connectivity index (χ1n) is 8.71. The number of fused-ring (bicyclic) bond motifs is 1. The molecule has 0 fully saturated rings. The lowest BCUT2D eigenvalue weighted by Gasteiger charge is -2.26. The number of amides is 2. The number of hydrogen-bond acceptors (Lipinski definition) is 4. The molecule has 2 aromatic rings. The van der Waals surface area contributed by atoms with Crippen molar-refractivity contribution in [2.45, 2.75) is 38.8 Å². The van der Waals surface area contributed by atoms with Crippen molar-refractivity contribution >= 4 is 23.2 Å². The van der Waals surface area contributed by atoms with Gasteiger partial charge in [0.25, 0.3) is 5.91 Å². The summed E-state index contributed by atoms with van der Waals surface area (Å²) in [6, 6.07) is 12.6. The number of nitrogen functional groups attached to an aromatic ring is 1. The van der Waals surface area contributed by atoms with E-state index in [4.69, 9.17) is 10.5 Å². The molecule has 1 aliphatic rings. The first-order valence-corrected chi connectivity index (χ1v) is 8.71. The van der Waals surface area contributed by atoms with Gasteiger partial charge in [-0.15, -0.1) is 0 Å². The van der Waals surface area contributed by atoms with Gasteiger partial charge in [-0.2, -0.15) is 0 Å². The minimum Gasteiger partial charge on any atom is -0.478 e. The largest absolute Gasteiger partial charge is 0.478 e. The Hall–Kier alpha value is -3.02. The highest BCUT2D eigenvalue weighted by Gasteiger charge is 2.26. The molecule has 0 aromatic heterocycles. The highest BCUT2D eigenvalue weighted by Crippen LogP contribution is 2.33. The summed E-state index contributed by atoms with van der Waals surface area (Å²) < 4.78 is 5.76. The number of hydrogen-bond donors (Lipinski definition) is 3. The van der Waals surface area contributed by atoms with Gasteiger partial charge in [0.15, 0.2) is 6.10 Å². The zero-order valence-electron chi connectivity index (χ0n) is 14.9. The fourth-order valence-electron chi connectivity index (χ4n) is 2.89. The molecule has 0 aliphatic carbocycles. The van der Waals surface area contributed by atoms with Gasteiger partial charge in [-0.05, 0) is 48.7 Å². The van der Waals surface area contributed by atoms with Crippen LogP contribution in [0.2, 0.25) is 0 Å². The Balaban J connectivity index is 1.66. The minimum atomic E-state index is -0.479. The van der Waals surface area contributed by atoms with Crippen molar-refractivity contribution in [1.82, 2.24) is 5.32 Å². The number of ether oxygens (including phenoxy) is 1. The molecule has 0 spiro atoms. The van der Waals surface area contributed by atoms with E-state index in [1.165, 1.54) is 0 Å². The molecule has 0 saturated heterocycles. The molecule has 1 aliphatic heterocycles. The molecule has 6 nitrogen and oxygen atoms in total. The Morgan fingerprint density at radius 3 is 2.69 bits per heavy atom. The number of nitrogens with two attached hydrogens (primary N) is 1. The second kappa shape index (κ2) is 7.47. The van der Waals surface area contributed by atoms with Crippen molar-refractivity contribution in [3.8, 4) is 5.75 Å². The van der Waals surface area contributed by atoms with E-state index in [-0.39, 0.29) is 17.9 Å². The topological polar surface area (TPSA) is 93.4 Å². The zero-order chi connectivity index (χ0) is 18.7. The van der Waals surface area contributed by atoms with Gasteiger partial charge in [0.1, 0.15) is 5.75 Å². The van der Waals surface area contributed by atoms with Crippen LogP contribution in [0, 0.1) is 0 Å². The van der Waals surface area contributed by atoms with E-state index in [1.807, 2.05) is 38.1 Å². The van der Waals surface area contributed by atoms with Crippen molar-refractivity contribution < 1.29 is 14.3 Å². The van der Waals surface area contributed by atoms with Crippen LogP contribution in [0.3, 0.4) is 0 Å². The molecular weight excluding hydrogens is 330 g/mol. The summed E-state index contributed by atoms with van der Waals surface area (Å²) in [5.74, 6) is 0.437. The molecule has 0 radical (unpaired) electrons. The van der Waals surface area contributed by atoms with Gasteiger partial charge >= 0.3 is 0 Å². The van der Waals surface area contributed by atoms with Crippen LogP contribution in [-0.2, 0) is 16.0 Å². The van der Waals surface area contributed by atoms with Gasteiger partial charge in [-0.25, -0.2) is 0 Å². The van der Waals surface area contributed by atoms with Crippen molar-refractivity contribution in [1.29, 1.82) is 0 Å². The number of carbonyl (C=O) groups excluding carboxylic acids is 2. The monoisotopic (exact) mass is 353 g/mol. The predicted molar refractivity (Wildman–Crippen MR) is 101 cm³/mol. The fraction of sp³-hybridized carbons (Fsp3) is 0.300. The predicted octanol–water partition coefficient (Wildman–Crippen LogP) is 2.80. The van der Waals surface area contributed by atoms with Crippen LogP contribution in [0.4, 0.5) is 11.4 Å². The lowest BCUT2D eigenvalue weighted by Crippen LogP contribution is -2.36. The Morgan fingerprint density at radius 2 is 2.00 bits per heavy atom. The molecule has 2 unspecified atom stereocenters. The van der Waals surface area contributed by atoms with Crippen LogP contribution in [0.15, 0.2) is 42.5 Å². The molecule has 2 atom stereocenters. The average Bonchev–Trinajstić information content (AvgIpc) is 2.62. The Morgan fingerprint density at radius 1 is 1.27 bits per heavy atom. The molecule has 2 amide bonds. The third-order valence-electron chi connectivity index (χ3n) is 4.42. The summed E-state index contributed by atoms with van der Waals surface area (Å²) in [5, 5.41) is 5.83.